The molecule has 1 aromatic heterocycles. The van der Waals surface area contributed by atoms with Crippen molar-refractivity contribution in [2.75, 3.05) is 13.3 Å². The van der Waals surface area contributed by atoms with Crippen LogP contribution in [-0.4, -0.2) is 29.0 Å². The van der Waals surface area contributed by atoms with Gasteiger partial charge in [0.1, 0.15) is 6.10 Å². The second-order valence-electron chi connectivity index (χ2n) is 6.72. The molecule has 1 aromatic carbocycles. The van der Waals surface area contributed by atoms with Crippen molar-refractivity contribution in [1.82, 2.24) is 15.1 Å². The van der Waals surface area contributed by atoms with Gasteiger partial charge in [-0.25, -0.2) is 0 Å². The zero-order chi connectivity index (χ0) is 17.4. The molecule has 2 aliphatic rings. The highest BCUT2D eigenvalue weighted by molar-refractivity contribution is 5.92. The van der Waals surface area contributed by atoms with E-state index in [2.05, 4.69) is 24.3 Å². The first-order valence-corrected chi connectivity index (χ1v) is 8.46. The van der Waals surface area contributed by atoms with Crippen molar-refractivity contribution in [3.8, 4) is 11.5 Å². The largest absolute Gasteiger partial charge is 0.454 e. The summed E-state index contributed by atoms with van der Waals surface area (Å²) in [4.78, 5) is 12.2. The molecule has 0 spiro atoms. The fraction of sp³-hybridized carbons (Fsp3) is 0.444. The Labute approximate surface area is 145 Å². The first kappa shape index (κ1) is 16.0. The third kappa shape index (κ3) is 3.19. The van der Waals surface area contributed by atoms with Crippen LogP contribution < -0.4 is 14.8 Å². The van der Waals surface area contributed by atoms with Crippen molar-refractivity contribution < 1.29 is 19.0 Å². The Bertz CT molecular complexity index is 800. The average molecular weight is 343 g/mol. The molecule has 25 heavy (non-hydrogen) atoms. The molecule has 1 N–H and O–H groups in total. The number of ether oxygens (including phenoxy) is 3. The van der Waals surface area contributed by atoms with Crippen LogP contribution in [0, 0.1) is 5.92 Å². The van der Waals surface area contributed by atoms with Gasteiger partial charge in [-0.05, 0) is 29.7 Å². The molecule has 0 saturated carbocycles. The zero-order valence-corrected chi connectivity index (χ0v) is 14.3. The normalized spacial score (nSPS) is 18.3. The van der Waals surface area contributed by atoms with Crippen molar-refractivity contribution in [2.45, 2.75) is 33.1 Å². The van der Waals surface area contributed by atoms with Gasteiger partial charge in [-0.15, -0.1) is 0 Å². The van der Waals surface area contributed by atoms with E-state index in [1.54, 1.807) is 6.07 Å². The number of hydrogen-bond donors (Lipinski definition) is 1. The molecule has 3 heterocycles. The number of fused-ring (bicyclic) bond motifs is 2. The van der Waals surface area contributed by atoms with E-state index in [1.807, 2.05) is 22.9 Å². The minimum absolute atomic E-state index is 0.131. The van der Waals surface area contributed by atoms with Gasteiger partial charge >= 0.3 is 0 Å². The number of hydrogen-bond acceptors (Lipinski definition) is 5. The maximum absolute atomic E-state index is 12.2. The number of rotatable bonds is 4. The summed E-state index contributed by atoms with van der Waals surface area (Å²) in [6.07, 6.45) is -0.131. The van der Waals surface area contributed by atoms with E-state index < -0.39 is 0 Å². The standard InChI is InChI=1S/C18H21N3O4/c1-11(2)7-19-18(22)14-6-13-9-23-17(8-21(13)20-14)12-3-4-15-16(5-12)25-10-24-15/h3-6,11,17H,7-10H2,1-2H3,(H,19,22)/t17-/m0/s1. The van der Waals surface area contributed by atoms with Crippen molar-refractivity contribution in [1.29, 1.82) is 0 Å². The molecule has 0 fully saturated rings. The number of nitrogens with one attached hydrogen (secondary N) is 1. The molecule has 132 valence electrons. The van der Waals surface area contributed by atoms with E-state index in [-0.39, 0.29) is 18.8 Å². The van der Waals surface area contributed by atoms with Gasteiger partial charge in [-0.3, -0.25) is 9.48 Å². The third-order valence-corrected chi connectivity index (χ3v) is 4.31. The van der Waals surface area contributed by atoms with Gasteiger partial charge in [-0.2, -0.15) is 5.10 Å². The maximum atomic E-state index is 12.2. The van der Waals surface area contributed by atoms with Crippen LogP contribution in [0.5, 0.6) is 11.5 Å². The van der Waals surface area contributed by atoms with Gasteiger partial charge in [0.05, 0.1) is 18.8 Å². The van der Waals surface area contributed by atoms with Gasteiger partial charge in [0.25, 0.3) is 5.91 Å². The molecule has 7 heteroatoms. The molecule has 2 aliphatic heterocycles. The molecular weight excluding hydrogens is 322 g/mol. The van der Waals surface area contributed by atoms with Gasteiger partial charge in [0.15, 0.2) is 17.2 Å². The second-order valence-corrected chi connectivity index (χ2v) is 6.72. The molecular formula is C18H21N3O4. The summed E-state index contributed by atoms with van der Waals surface area (Å²) < 4.78 is 18.6. The lowest BCUT2D eigenvalue weighted by Crippen LogP contribution is -2.28. The Morgan fingerprint density at radius 2 is 2.16 bits per heavy atom. The van der Waals surface area contributed by atoms with Crippen molar-refractivity contribution in [3.63, 3.8) is 0 Å². The first-order chi connectivity index (χ1) is 12.1. The summed E-state index contributed by atoms with van der Waals surface area (Å²) in [6, 6.07) is 7.61. The van der Waals surface area contributed by atoms with Crippen LogP contribution in [0.2, 0.25) is 0 Å². The van der Waals surface area contributed by atoms with E-state index in [9.17, 15) is 4.79 Å². The summed E-state index contributed by atoms with van der Waals surface area (Å²) in [7, 11) is 0. The fourth-order valence-corrected chi connectivity index (χ4v) is 2.94. The SMILES string of the molecule is CC(C)CNC(=O)c1cc2n(n1)C[C@@H](c1ccc3c(c1)OCO3)OC2. The van der Waals surface area contributed by atoms with Crippen LogP contribution in [0.25, 0.3) is 0 Å². The lowest BCUT2D eigenvalue weighted by Gasteiger charge is -2.24. The highest BCUT2D eigenvalue weighted by Gasteiger charge is 2.25. The molecule has 0 unspecified atom stereocenters. The highest BCUT2D eigenvalue weighted by Crippen LogP contribution is 2.36. The van der Waals surface area contributed by atoms with Gasteiger partial charge < -0.3 is 19.5 Å². The quantitative estimate of drug-likeness (QED) is 0.922. The van der Waals surface area contributed by atoms with Gasteiger partial charge in [-0.1, -0.05) is 19.9 Å². The maximum Gasteiger partial charge on any atom is 0.271 e. The summed E-state index contributed by atoms with van der Waals surface area (Å²) in [5, 5.41) is 7.34. The molecule has 2 aromatic rings. The van der Waals surface area contributed by atoms with E-state index in [0.29, 0.717) is 31.3 Å². The lowest BCUT2D eigenvalue weighted by atomic mass is 10.1. The molecule has 0 saturated heterocycles. The Morgan fingerprint density at radius 1 is 1.32 bits per heavy atom. The Hall–Kier alpha value is -2.54. The lowest BCUT2D eigenvalue weighted by molar-refractivity contribution is -0.00128. The molecule has 4 rings (SSSR count). The van der Waals surface area contributed by atoms with Crippen LogP contribution in [-0.2, 0) is 17.9 Å². The van der Waals surface area contributed by atoms with Crippen LogP contribution in [0.3, 0.4) is 0 Å². The van der Waals surface area contributed by atoms with Gasteiger partial charge in [0, 0.05) is 6.54 Å². The monoisotopic (exact) mass is 343 g/mol. The average Bonchev–Trinajstić information content (AvgIpc) is 3.24. The minimum atomic E-state index is -0.143. The number of nitrogens with zero attached hydrogens (tertiary/aromatic N) is 2. The van der Waals surface area contributed by atoms with Crippen LogP contribution in [0.4, 0.5) is 0 Å². The van der Waals surface area contributed by atoms with Crippen LogP contribution in [0.1, 0.15) is 41.7 Å². The highest BCUT2D eigenvalue weighted by atomic mass is 16.7. The number of carbonyl (C=O) groups is 1. The Morgan fingerprint density at radius 3 is 3.00 bits per heavy atom. The van der Waals surface area contributed by atoms with Crippen LogP contribution in [0.15, 0.2) is 24.3 Å². The molecule has 7 nitrogen and oxygen atoms in total. The minimum Gasteiger partial charge on any atom is -0.454 e. The van der Waals surface area contributed by atoms with Crippen molar-refractivity contribution in [3.05, 3.63) is 41.2 Å². The Kier molecular flexibility index (Phi) is 4.09. The topological polar surface area (TPSA) is 74.6 Å². The molecule has 1 atom stereocenters. The number of benzene rings is 1. The zero-order valence-electron chi connectivity index (χ0n) is 14.3. The van der Waals surface area contributed by atoms with E-state index in [4.69, 9.17) is 14.2 Å². The summed E-state index contributed by atoms with van der Waals surface area (Å²) >= 11 is 0. The fourth-order valence-electron chi connectivity index (χ4n) is 2.94. The third-order valence-electron chi connectivity index (χ3n) is 4.31. The van der Waals surface area contributed by atoms with Crippen molar-refractivity contribution in [2.24, 2.45) is 5.92 Å². The smallest absolute Gasteiger partial charge is 0.271 e. The first-order valence-electron chi connectivity index (χ1n) is 8.46. The second kappa shape index (κ2) is 6.40. The number of amides is 1. The summed E-state index contributed by atoms with van der Waals surface area (Å²) in [6.45, 7) is 5.99. The predicted molar refractivity (Wildman–Crippen MR) is 89.5 cm³/mol. The molecule has 0 aliphatic carbocycles. The number of carbonyl (C=O) groups excluding carboxylic acids is 1. The van der Waals surface area contributed by atoms with E-state index in [1.165, 1.54) is 0 Å². The Balaban J connectivity index is 1.49. The predicted octanol–water partition coefficient (Wildman–Crippen LogP) is 2.27. The summed E-state index contributed by atoms with van der Waals surface area (Å²) in [5.41, 5.74) is 2.36. The number of aromatic nitrogens is 2. The van der Waals surface area contributed by atoms with Crippen LogP contribution >= 0.6 is 0 Å². The van der Waals surface area contributed by atoms with Crippen molar-refractivity contribution >= 4 is 5.91 Å². The molecule has 1 amide bonds. The van der Waals surface area contributed by atoms with E-state index in [0.717, 1.165) is 22.8 Å². The molecule has 0 radical (unpaired) electrons. The molecule has 0 bridgehead atoms. The van der Waals surface area contributed by atoms with E-state index >= 15 is 0 Å². The van der Waals surface area contributed by atoms with Gasteiger partial charge in [0.2, 0.25) is 6.79 Å². The summed E-state index contributed by atoms with van der Waals surface area (Å²) in [5.74, 6) is 1.75.